The summed E-state index contributed by atoms with van der Waals surface area (Å²) >= 11 is 1.56. The molecule has 0 aliphatic carbocycles. The molecule has 3 heterocycles. The third-order valence-corrected chi connectivity index (χ3v) is 5.42. The maximum Gasteiger partial charge on any atom is 0.343 e. The molecule has 0 saturated carbocycles. The van der Waals surface area contributed by atoms with E-state index in [1.807, 2.05) is 6.92 Å². The van der Waals surface area contributed by atoms with Crippen LogP contribution in [0.25, 0.3) is 0 Å². The van der Waals surface area contributed by atoms with E-state index < -0.39 is 11.9 Å². The molecule has 25 heavy (non-hydrogen) atoms. The number of hydrogen-bond donors (Lipinski definition) is 1. The maximum atomic E-state index is 13.9. The van der Waals surface area contributed by atoms with Crippen LogP contribution in [-0.2, 0) is 17.9 Å². The fourth-order valence-corrected chi connectivity index (χ4v) is 3.84. The predicted molar refractivity (Wildman–Crippen MR) is 91.0 cm³/mol. The molecule has 3 rings (SSSR count). The summed E-state index contributed by atoms with van der Waals surface area (Å²) in [5.74, 6) is -0.209. The smallest absolute Gasteiger partial charge is 0.343 e. The first-order chi connectivity index (χ1) is 11.9. The molecular formula is C15H21FN6O2S. The largest absolute Gasteiger partial charge is 0.343 e. The number of nitrogens with zero attached hydrogens (tertiary/aromatic N) is 5. The van der Waals surface area contributed by atoms with Gasteiger partial charge in [0.2, 0.25) is 5.91 Å². The average Bonchev–Trinajstić information content (AvgIpc) is 3.23. The number of aromatic nitrogens is 4. The summed E-state index contributed by atoms with van der Waals surface area (Å²) in [6.45, 7) is 3.30. The van der Waals surface area contributed by atoms with Gasteiger partial charge in [-0.15, -0.1) is 11.3 Å². The quantitative estimate of drug-likeness (QED) is 0.798. The van der Waals surface area contributed by atoms with E-state index in [1.54, 1.807) is 28.8 Å². The third kappa shape index (κ3) is 4.13. The second kappa shape index (κ2) is 7.44. The number of halogens is 1. The Balaban J connectivity index is 1.61. The lowest BCUT2D eigenvalue weighted by atomic mass is 10.2. The van der Waals surface area contributed by atoms with E-state index in [2.05, 4.69) is 20.1 Å². The van der Waals surface area contributed by atoms with Gasteiger partial charge in [-0.1, -0.05) is 0 Å². The molecule has 0 radical (unpaired) electrons. The van der Waals surface area contributed by atoms with Gasteiger partial charge in [-0.05, 0) is 13.3 Å². The monoisotopic (exact) mass is 368 g/mol. The first-order valence-electron chi connectivity index (χ1n) is 8.05. The topological polar surface area (TPSA) is 87.1 Å². The summed E-state index contributed by atoms with van der Waals surface area (Å²) in [5.41, 5.74) is 2.34. The fraction of sp³-hybridized carbons (Fsp3) is 0.600. The highest BCUT2D eigenvalue weighted by Crippen LogP contribution is 2.25. The number of aromatic amines is 1. The van der Waals surface area contributed by atoms with E-state index in [1.165, 1.54) is 10.9 Å². The molecule has 0 bridgehead atoms. The number of hydrogen-bond acceptors (Lipinski definition) is 6. The van der Waals surface area contributed by atoms with Gasteiger partial charge in [0, 0.05) is 37.6 Å². The Kier molecular flexibility index (Phi) is 5.28. The molecular weight excluding hydrogens is 347 g/mol. The van der Waals surface area contributed by atoms with Crippen LogP contribution in [0.15, 0.2) is 16.6 Å². The number of H-pyrrole nitrogens is 1. The van der Waals surface area contributed by atoms with Gasteiger partial charge < -0.3 is 4.90 Å². The molecule has 1 fully saturated rings. The Labute approximate surface area is 148 Å². The van der Waals surface area contributed by atoms with Crippen molar-refractivity contribution in [2.24, 2.45) is 0 Å². The summed E-state index contributed by atoms with van der Waals surface area (Å²) in [6, 6.07) is -0.0495. The zero-order valence-corrected chi connectivity index (χ0v) is 15.0. The molecule has 1 aliphatic heterocycles. The highest BCUT2D eigenvalue weighted by atomic mass is 32.1. The molecule has 0 aromatic carbocycles. The van der Waals surface area contributed by atoms with Crippen LogP contribution in [0, 0.1) is 6.92 Å². The molecule has 1 amide bonds. The van der Waals surface area contributed by atoms with Crippen LogP contribution in [0.2, 0.25) is 0 Å². The molecule has 136 valence electrons. The number of carbonyl (C=O) groups is 1. The maximum absolute atomic E-state index is 13.9. The van der Waals surface area contributed by atoms with Crippen LogP contribution < -0.4 is 5.69 Å². The number of nitrogens with one attached hydrogen (secondary N) is 1. The predicted octanol–water partition coefficient (Wildman–Crippen LogP) is 0.407. The number of carbonyl (C=O) groups excluding carboxylic acids is 1. The van der Waals surface area contributed by atoms with E-state index >= 15 is 0 Å². The lowest BCUT2D eigenvalue weighted by molar-refractivity contribution is -0.131. The number of alkyl halides is 1. The Bertz CT molecular complexity index is 787. The van der Waals surface area contributed by atoms with E-state index in [4.69, 9.17) is 0 Å². The number of aryl methyl sites for hydroxylation is 1. The molecule has 0 unspecified atom stereocenters. The summed E-state index contributed by atoms with van der Waals surface area (Å²) in [4.78, 5) is 32.7. The summed E-state index contributed by atoms with van der Waals surface area (Å²) in [5, 5.41) is 5.85. The van der Waals surface area contributed by atoms with Crippen LogP contribution in [0.4, 0.5) is 4.39 Å². The number of rotatable bonds is 6. The normalized spacial score (nSPS) is 20.9. The van der Waals surface area contributed by atoms with E-state index in [0.717, 1.165) is 10.6 Å². The Hall–Kier alpha value is -2.07. The van der Waals surface area contributed by atoms with Crippen molar-refractivity contribution in [1.29, 1.82) is 0 Å². The van der Waals surface area contributed by atoms with Gasteiger partial charge in [-0.25, -0.2) is 19.3 Å². The number of amides is 1. The number of likely N-dealkylation sites (N-methyl/N-ethyl adjacent to an activating group) is 1. The lowest BCUT2D eigenvalue weighted by Gasteiger charge is -2.28. The van der Waals surface area contributed by atoms with Gasteiger partial charge in [-0.3, -0.25) is 14.3 Å². The summed E-state index contributed by atoms with van der Waals surface area (Å²) in [6.07, 6.45) is 0.805. The van der Waals surface area contributed by atoms with Crippen molar-refractivity contribution in [2.75, 3.05) is 20.1 Å². The summed E-state index contributed by atoms with van der Waals surface area (Å²) in [7, 11) is 1.68. The van der Waals surface area contributed by atoms with Gasteiger partial charge in [0.25, 0.3) is 0 Å². The van der Waals surface area contributed by atoms with Gasteiger partial charge in [0.05, 0.1) is 11.2 Å². The Morgan fingerprint density at radius 1 is 1.56 bits per heavy atom. The van der Waals surface area contributed by atoms with E-state index in [9.17, 15) is 14.0 Å². The lowest BCUT2D eigenvalue weighted by Crippen LogP contribution is -2.42. The Morgan fingerprint density at radius 2 is 2.36 bits per heavy atom. The standard InChI is InChI=1S/C15H21FN6O2S/c1-10-13(25-9-17-10)6-21-4-11(16)3-12(21)5-20(2)14(23)7-22-8-18-19-15(22)24/h8-9,11-12H,3-7H2,1-2H3,(H,19,24)/t11-,12-/m0/s1. The summed E-state index contributed by atoms with van der Waals surface area (Å²) < 4.78 is 15.2. The van der Waals surface area contributed by atoms with Crippen LogP contribution in [0.1, 0.15) is 17.0 Å². The molecule has 2 aromatic heterocycles. The minimum absolute atomic E-state index is 0.0495. The number of thiazole rings is 1. The van der Waals surface area contributed by atoms with Crippen molar-refractivity contribution in [1.82, 2.24) is 29.5 Å². The van der Waals surface area contributed by atoms with E-state index in [-0.39, 0.29) is 18.5 Å². The van der Waals surface area contributed by atoms with Crippen molar-refractivity contribution >= 4 is 17.2 Å². The fourth-order valence-electron chi connectivity index (χ4n) is 3.04. The first kappa shape index (κ1) is 17.7. The van der Waals surface area contributed by atoms with Crippen LogP contribution in [0.5, 0.6) is 0 Å². The molecule has 1 aliphatic rings. The number of likely N-dealkylation sites (tertiary alicyclic amines) is 1. The Morgan fingerprint density at radius 3 is 3.00 bits per heavy atom. The van der Waals surface area contributed by atoms with Gasteiger partial charge in [-0.2, -0.15) is 5.10 Å². The second-order valence-electron chi connectivity index (χ2n) is 6.34. The van der Waals surface area contributed by atoms with Crippen molar-refractivity contribution < 1.29 is 9.18 Å². The SMILES string of the molecule is Cc1ncsc1CN1C[C@@H](F)C[C@H]1CN(C)C(=O)Cn1cn[nH]c1=O. The zero-order valence-electron chi connectivity index (χ0n) is 14.2. The molecule has 1 saturated heterocycles. The van der Waals surface area contributed by atoms with Crippen LogP contribution >= 0.6 is 11.3 Å². The third-order valence-electron chi connectivity index (χ3n) is 4.50. The molecule has 8 nitrogen and oxygen atoms in total. The molecule has 2 aromatic rings. The van der Waals surface area contributed by atoms with Crippen LogP contribution in [-0.4, -0.2) is 67.8 Å². The molecule has 10 heteroatoms. The first-order valence-corrected chi connectivity index (χ1v) is 8.93. The molecule has 2 atom stereocenters. The minimum Gasteiger partial charge on any atom is -0.343 e. The van der Waals surface area contributed by atoms with Gasteiger partial charge in [0.1, 0.15) is 19.0 Å². The van der Waals surface area contributed by atoms with Crippen molar-refractivity contribution in [2.45, 2.75) is 38.6 Å². The van der Waals surface area contributed by atoms with Gasteiger partial charge in [0.15, 0.2) is 0 Å². The van der Waals surface area contributed by atoms with Crippen LogP contribution in [0.3, 0.4) is 0 Å². The van der Waals surface area contributed by atoms with Crippen molar-refractivity contribution in [3.8, 4) is 0 Å². The van der Waals surface area contributed by atoms with Gasteiger partial charge >= 0.3 is 5.69 Å². The highest BCUT2D eigenvalue weighted by molar-refractivity contribution is 7.09. The minimum atomic E-state index is -0.891. The molecule has 1 N–H and O–H groups in total. The van der Waals surface area contributed by atoms with Crippen molar-refractivity contribution in [3.63, 3.8) is 0 Å². The average molecular weight is 368 g/mol. The van der Waals surface area contributed by atoms with E-state index in [0.29, 0.717) is 26.1 Å². The second-order valence-corrected chi connectivity index (χ2v) is 7.28. The van der Waals surface area contributed by atoms with Crippen molar-refractivity contribution in [3.05, 3.63) is 32.9 Å². The molecule has 0 spiro atoms. The highest BCUT2D eigenvalue weighted by Gasteiger charge is 2.34. The zero-order chi connectivity index (χ0) is 18.0.